The minimum absolute atomic E-state index is 0.154. The van der Waals surface area contributed by atoms with Gasteiger partial charge in [0.1, 0.15) is 5.69 Å². The Kier molecular flexibility index (Phi) is 6.59. The van der Waals surface area contributed by atoms with Crippen molar-refractivity contribution in [3.63, 3.8) is 0 Å². The number of urea groups is 1. The van der Waals surface area contributed by atoms with Gasteiger partial charge < -0.3 is 15.0 Å². The fourth-order valence-corrected chi connectivity index (χ4v) is 3.63. The molecule has 1 fully saturated rings. The maximum Gasteiger partial charge on any atom is 0.325 e. The van der Waals surface area contributed by atoms with Crippen molar-refractivity contribution < 1.29 is 19.1 Å². The van der Waals surface area contributed by atoms with Gasteiger partial charge >= 0.3 is 12.0 Å². The zero-order chi connectivity index (χ0) is 19.9. The van der Waals surface area contributed by atoms with E-state index in [9.17, 15) is 14.4 Å². The van der Waals surface area contributed by atoms with E-state index in [4.69, 9.17) is 4.74 Å². The van der Waals surface area contributed by atoms with E-state index < -0.39 is 6.03 Å². The van der Waals surface area contributed by atoms with E-state index in [0.29, 0.717) is 43.4 Å². The topological polar surface area (TPSA) is 101 Å². The van der Waals surface area contributed by atoms with Crippen LogP contribution in [-0.2, 0) is 9.53 Å². The number of ether oxygens (including phenoxy) is 1. The van der Waals surface area contributed by atoms with Crippen molar-refractivity contribution in [1.29, 1.82) is 0 Å². The second-order valence-electron chi connectivity index (χ2n) is 6.30. The minimum atomic E-state index is -0.421. The summed E-state index contributed by atoms with van der Waals surface area (Å²) in [5.41, 5.74) is 0.951. The number of aromatic nitrogens is 1. The van der Waals surface area contributed by atoms with Crippen LogP contribution in [0.4, 0.5) is 15.6 Å². The van der Waals surface area contributed by atoms with E-state index in [1.807, 2.05) is 18.2 Å². The van der Waals surface area contributed by atoms with E-state index in [1.165, 1.54) is 11.3 Å². The molecule has 28 heavy (non-hydrogen) atoms. The number of para-hydroxylation sites is 1. The summed E-state index contributed by atoms with van der Waals surface area (Å²) in [5, 5.41) is 7.29. The number of likely N-dealkylation sites (tertiary alicyclic amines) is 1. The van der Waals surface area contributed by atoms with Gasteiger partial charge in [-0.15, -0.1) is 11.3 Å². The average Bonchev–Trinajstić information content (AvgIpc) is 3.16. The van der Waals surface area contributed by atoms with Crippen LogP contribution in [0.25, 0.3) is 0 Å². The van der Waals surface area contributed by atoms with Crippen LogP contribution in [0.5, 0.6) is 0 Å². The monoisotopic (exact) mass is 402 g/mol. The predicted octanol–water partition coefficient (Wildman–Crippen LogP) is 3.20. The molecule has 1 aliphatic heterocycles. The van der Waals surface area contributed by atoms with Crippen molar-refractivity contribution in [1.82, 2.24) is 9.88 Å². The van der Waals surface area contributed by atoms with E-state index in [2.05, 4.69) is 15.6 Å². The van der Waals surface area contributed by atoms with Gasteiger partial charge in [0.05, 0.1) is 12.5 Å². The van der Waals surface area contributed by atoms with Crippen molar-refractivity contribution in [2.24, 2.45) is 5.92 Å². The number of anilines is 2. The molecule has 9 heteroatoms. The SMILES string of the molecule is CCOC(=O)C1CCN(C(=O)c2csc(NC(=O)Nc3ccccc3)n2)CC1. The smallest absolute Gasteiger partial charge is 0.325 e. The van der Waals surface area contributed by atoms with Gasteiger partial charge in [0.2, 0.25) is 0 Å². The molecule has 0 atom stereocenters. The number of piperidine rings is 1. The molecule has 2 N–H and O–H groups in total. The molecule has 1 saturated heterocycles. The number of carbonyl (C=O) groups is 3. The standard InChI is InChI=1S/C19H22N4O4S/c1-2-27-17(25)13-8-10-23(11-9-13)16(24)15-12-28-19(21-15)22-18(26)20-14-6-4-3-5-7-14/h3-7,12-13H,2,8-11H2,1H3,(H2,20,21,22,26). The maximum absolute atomic E-state index is 12.6. The Hall–Kier alpha value is -2.94. The Morgan fingerprint density at radius 2 is 1.89 bits per heavy atom. The van der Waals surface area contributed by atoms with Crippen molar-refractivity contribution >= 4 is 40.1 Å². The lowest BCUT2D eigenvalue weighted by Gasteiger charge is -2.30. The second-order valence-corrected chi connectivity index (χ2v) is 7.16. The van der Waals surface area contributed by atoms with Gasteiger partial charge in [-0.25, -0.2) is 9.78 Å². The van der Waals surface area contributed by atoms with E-state index >= 15 is 0 Å². The van der Waals surface area contributed by atoms with Crippen LogP contribution in [0.2, 0.25) is 0 Å². The van der Waals surface area contributed by atoms with Crippen LogP contribution in [-0.4, -0.2) is 47.5 Å². The highest BCUT2D eigenvalue weighted by atomic mass is 32.1. The molecule has 1 aromatic heterocycles. The average molecular weight is 402 g/mol. The third-order valence-corrected chi connectivity index (χ3v) is 5.14. The van der Waals surface area contributed by atoms with Gasteiger partial charge in [0, 0.05) is 24.2 Å². The van der Waals surface area contributed by atoms with E-state index in [-0.39, 0.29) is 23.5 Å². The highest BCUT2D eigenvalue weighted by molar-refractivity contribution is 7.14. The molecule has 0 saturated carbocycles. The summed E-state index contributed by atoms with van der Waals surface area (Å²) >= 11 is 1.19. The lowest BCUT2D eigenvalue weighted by atomic mass is 9.97. The van der Waals surface area contributed by atoms with Crippen LogP contribution in [0.3, 0.4) is 0 Å². The zero-order valence-electron chi connectivity index (χ0n) is 15.5. The third-order valence-electron chi connectivity index (χ3n) is 4.38. The van der Waals surface area contributed by atoms with Crippen LogP contribution in [0.15, 0.2) is 35.7 Å². The normalized spacial score (nSPS) is 14.4. The molecule has 148 valence electrons. The number of hydrogen-bond acceptors (Lipinski definition) is 6. The highest BCUT2D eigenvalue weighted by Crippen LogP contribution is 2.22. The number of thiazole rings is 1. The second kappa shape index (κ2) is 9.32. The van der Waals surface area contributed by atoms with Gasteiger partial charge in [-0.3, -0.25) is 14.9 Å². The van der Waals surface area contributed by atoms with Crippen molar-refractivity contribution in [3.05, 3.63) is 41.4 Å². The Morgan fingerprint density at radius 3 is 2.57 bits per heavy atom. The third kappa shape index (κ3) is 5.07. The number of nitrogens with zero attached hydrogens (tertiary/aromatic N) is 2. The first-order valence-corrected chi connectivity index (χ1v) is 9.99. The summed E-state index contributed by atoms with van der Waals surface area (Å²) < 4.78 is 5.05. The number of benzene rings is 1. The van der Waals surface area contributed by atoms with Crippen LogP contribution in [0, 0.1) is 5.92 Å². The Morgan fingerprint density at radius 1 is 1.18 bits per heavy atom. The number of amides is 3. The van der Waals surface area contributed by atoms with Crippen molar-refractivity contribution in [2.45, 2.75) is 19.8 Å². The number of hydrogen-bond donors (Lipinski definition) is 2. The fraction of sp³-hybridized carbons (Fsp3) is 0.368. The van der Waals surface area contributed by atoms with Crippen molar-refractivity contribution in [2.75, 3.05) is 30.3 Å². The molecule has 0 bridgehead atoms. The van der Waals surface area contributed by atoms with Crippen LogP contribution < -0.4 is 10.6 Å². The van der Waals surface area contributed by atoms with Crippen LogP contribution >= 0.6 is 11.3 Å². The fourth-order valence-electron chi connectivity index (χ4n) is 2.95. The first-order valence-electron chi connectivity index (χ1n) is 9.11. The summed E-state index contributed by atoms with van der Waals surface area (Å²) in [6.45, 7) is 3.11. The molecule has 3 amide bonds. The van der Waals surface area contributed by atoms with E-state index in [1.54, 1.807) is 29.3 Å². The van der Waals surface area contributed by atoms with Gasteiger partial charge in [-0.1, -0.05) is 18.2 Å². The number of rotatable bonds is 5. The number of carbonyl (C=O) groups excluding carboxylic acids is 3. The summed E-state index contributed by atoms with van der Waals surface area (Å²) in [4.78, 5) is 42.3. The molecule has 2 aromatic rings. The van der Waals surface area contributed by atoms with Crippen molar-refractivity contribution in [3.8, 4) is 0 Å². The van der Waals surface area contributed by atoms with Gasteiger partial charge in [0.25, 0.3) is 5.91 Å². The highest BCUT2D eigenvalue weighted by Gasteiger charge is 2.29. The molecule has 0 radical (unpaired) electrons. The van der Waals surface area contributed by atoms with Gasteiger partial charge in [-0.2, -0.15) is 0 Å². The Bertz CT molecular complexity index is 831. The molecule has 1 aliphatic rings. The lowest BCUT2D eigenvalue weighted by Crippen LogP contribution is -2.40. The van der Waals surface area contributed by atoms with E-state index in [0.717, 1.165) is 0 Å². The number of nitrogens with one attached hydrogen (secondary N) is 2. The molecular weight excluding hydrogens is 380 g/mol. The first kappa shape index (κ1) is 19.8. The molecule has 0 spiro atoms. The van der Waals surface area contributed by atoms with Gasteiger partial charge in [0.15, 0.2) is 5.13 Å². The summed E-state index contributed by atoms with van der Waals surface area (Å²) in [6.07, 6.45) is 1.17. The molecule has 0 unspecified atom stereocenters. The molecule has 8 nitrogen and oxygen atoms in total. The predicted molar refractivity (Wildman–Crippen MR) is 106 cm³/mol. The largest absolute Gasteiger partial charge is 0.466 e. The molecule has 0 aliphatic carbocycles. The quantitative estimate of drug-likeness (QED) is 0.748. The summed E-state index contributed by atoms with van der Waals surface area (Å²) in [6, 6.07) is 8.63. The molecular formula is C19H22N4O4S. The lowest BCUT2D eigenvalue weighted by molar-refractivity contribution is -0.149. The number of esters is 1. The summed E-state index contributed by atoms with van der Waals surface area (Å²) in [7, 11) is 0. The first-order chi connectivity index (χ1) is 13.6. The summed E-state index contributed by atoms with van der Waals surface area (Å²) in [5.74, 6) is -0.549. The molecule has 1 aromatic carbocycles. The van der Waals surface area contributed by atoms with Gasteiger partial charge in [-0.05, 0) is 31.9 Å². The Labute approximate surface area is 166 Å². The molecule has 2 heterocycles. The Balaban J connectivity index is 1.51. The van der Waals surface area contributed by atoms with Crippen LogP contribution in [0.1, 0.15) is 30.3 Å². The minimum Gasteiger partial charge on any atom is -0.466 e. The maximum atomic E-state index is 12.6. The molecule has 3 rings (SSSR count). The zero-order valence-corrected chi connectivity index (χ0v) is 16.3.